The Hall–Kier alpha value is -4.01. The minimum absolute atomic E-state index is 0.00768. The van der Waals surface area contributed by atoms with Crippen LogP contribution in [0.2, 0.25) is 10.0 Å². The van der Waals surface area contributed by atoms with Crippen LogP contribution in [0.25, 0.3) is 11.1 Å². The van der Waals surface area contributed by atoms with Crippen LogP contribution in [-0.2, 0) is 20.7 Å². The van der Waals surface area contributed by atoms with Gasteiger partial charge in [0.1, 0.15) is 6.04 Å². The van der Waals surface area contributed by atoms with Crippen LogP contribution in [-0.4, -0.2) is 55.5 Å². The summed E-state index contributed by atoms with van der Waals surface area (Å²) in [7, 11) is 1.19. The second-order valence-electron chi connectivity index (χ2n) is 10.3. The molecule has 1 atom stereocenters. The number of carbonyl (C=O) groups is 4. The van der Waals surface area contributed by atoms with Crippen LogP contribution in [0.5, 0.6) is 0 Å². The van der Waals surface area contributed by atoms with E-state index in [1.807, 2.05) is 48.5 Å². The highest BCUT2D eigenvalue weighted by Crippen LogP contribution is 2.32. The molecule has 0 radical (unpaired) electrons. The Morgan fingerprint density at radius 1 is 0.907 bits per heavy atom. The first-order valence-electron chi connectivity index (χ1n) is 14.1. The summed E-state index contributed by atoms with van der Waals surface area (Å²) in [5.74, 6) is -2.09. The first-order chi connectivity index (χ1) is 20.7. The summed E-state index contributed by atoms with van der Waals surface area (Å²) >= 11 is 12.8. The van der Waals surface area contributed by atoms with E-state index in [4.69, 9.17) is 27.9 Å². The minimum Gasteiger partial charge on any atom is -0.467 e. The summed E-state index contributed by atoms with van der Waals surface area (Å²) in [5.41, 5.74) is 4.20. The van der Waals surface area contributed by atoms with Gasteiger partial charge in [0.2, 0.25) is 0 Å². The number of nitrogens with zero attached hydrogens (tertiary/aromatic N) is 1. The average molecular weight is 623 g/mol. The molecule has 3 aromatic rings. The maximum Gasteiger partial charge on any atom is 0.328 e. The van der Waals surface area contributed by atoms with E-state index < -0.39 is 17.9 Å². The lowest BCUT2D eigenvalue weighted by Gasteiger charge is -2.18. The van der Waals surface area contributed by atoms with Gasteiger partial charge >= 0.3 is 5.97 Å². The van der Waals surface area contributed by atoms with E-state index in [9.17, 15) is 19.2 Å². The molecule has 224 valence electrons. The number of ether oxygens (including phenoxy) is 1. The van der Waals surface area contributed by atoms with Gasteiger partial charge in [0.15, 0.2) is 5.78 Å². The molecule has 2 amide bonds. The first kappa shape index (κ1) is 31.9. The van der Waals surface area contributed by atoms with Crippen molar-refractivity contribution in [1.82, 2.24) is 10.6 Å². The number of Topliss-reactive ketones (excluding diaryl/α,β-unsaturated/α-hetero) is 1. The Balaban J connectivity index is 1.32. The third-order valence-corrected chi connectivity index (χ3v) is 7.73. The molecule has 1 aliphatic heterocycles. The van der Waals surface area contributed by atoms with Crippen LogP contribution in [0, 0.1) is 0 Å². The summed E-state index contributed by atoms with van der Waals surface area (Å²) in [6.45, 7) is 0.623. The van der Waals surface area contributed by atoms with Crippen LogP contribution in [0.15, 0.2) is 71.7 Å². The number of methoxy groups -OCH3 is 1. The molecule has 43 heavy (non-hydrogen) atoms. The number of hydrogen-bond acceptors (Lipinski definition) is 6. The van der Waals surface area contributed by atoms with Crippen LogP contribution >= 0.6 is 23.2 Å². The van der Waals surface area contributed by atoms with Crippen molar-refractivity contribution in [2.45, 2.75) is 44.6 Å². The van der Waals surface area contributed by atoms with E-state index in [0.717, 1.165) is 48.2 Å². The fourth-order valence-electron chi connectivity index (χ4n) is 4.84. The SMILES string of the molecule is COC(=O)[C@H](CCC(=O)CNC(=O)c1cccc(CC2=NCCCC2)c1)NC(=O)c1c(Cl)cc(-c2ccccc2)cc1Cl. The normalized spacial score (nSPS) is 13.4. The van der Waals surface area contributed by atoms with Crippen LogP contribution in [0.4, 0.5) is 0 Å². The average Bonchev–Trinajstić information content (AvgIpc) is 3.02. The van der Waals surface area contributed by atoms with E-state index in [1.54, 1.807) is 18.2 Å². The summed E-state index contributed by atoms with van der Waals surface area (Å²) in [4.78, 5) is 55.4. The van der Waals surface area contributed by atoms with E-state index in [0.29, 0.717) is 12.0 Å². The predicted octanol–water partition coefficient (Wildman–Crippen LogP) is 5.88. The van der Waals surface area contributed by atoms with Crippen molar-refractivity contribution in [2.24, 2.45) is 4.99 Å². The molecule has 1 heterocycles. The molecule has 0 spiro atoms. The van der Waals surface area contributed by atoms with Gasteiger partial charge in [0, 0.05) is 30.7 Å². The second kappa shape index (κ2) is 15.5. The second-order valence-corrected chi connectivity index (χ2v) is 11.1. The highest BCUT2D eigenvalue weighted by Gasteiger charge is 2.26. The number of ketones is 1. The molecular weight excluding hydrogens is 589 g/mol. The molecule has 3 aromatic carbocycles. The fourth-order valence-corrected chi connectivity index (χ4v) is 5.50. The molecule has 0 bridgehead atoms. The maximum atomic E-state index is 13.1. The molecule has 0 aliphatic carbocycles. The number of hydrogen-bond donors (Lipinski definition) is 2. The molecule has 1 aliphatic rings. The van der Waals surface area contributed by atoms with Gasteiger partial charge in [0.05, 0.1) is 29.3 Å². The quantitative estimate of drug-likeness (QED) is 0.245. The van der Waals surface area contributed by atoms with Gasteiger partial charge in [-0.05, 0) is 66.6 Å². The van der Waals surface area contributed by atoms with Gasteiger partial charge in [-0.3, -0.25) is 19.4 Å². The third kappa shape index (κ3) is 8.99. The van der Waals surface area contributed by atoms with Crippen LogP contribution < -0.4 is 10.6 Å². The van der Waals surface area contributed by atoms with Crippen LogP contribution in [0.3, 0.4) is 0 Å². The molecule has 10 heteroatoms. The Morgan fingerprint density at radius 2 is 1.65 bits per heavy atom. The summed E-state index contributed by atoms with van der Waals surface area (Å²) in [6, 6.07) is 18.8. The van der Waals surface area contributed by atoms with Crippen molar-refractivity contribution in [3.8, 4) is 11.1 Å². The number of rotatable bonds is 12. The molecule has 2 N–H and O–H groups in total. The smallest absolute Gasteiger partial charge is 0.328 e. The van der Waals surface area contributed by atoms with Crippen molar-refractivity contribution in [3.05, 3.63) is 93.5 Å². The largest absolute Gasteiger partial charge is 0.467 e. The monoisotopic (exact) mass is 621 g/mol. The molecule has 4 rings (SSSR count). The number of aliphatic imine (C=N–C) groups is 1. The van der Waals surface area contributed by atoms with Gasteiger partial charge in [-0.15, -0.1) is 0 Å². The van der Waals surface area contributed by atoms with Crippen molar-refractivity contribution < 1.29 is 23.9 Å². The van der Waals surface area contributed by atoms with Gasteiger partial charge in [-0.25, -0.2) is 4.79 Å². The standard InChI is InChI=1S/C33H33Cl2N3O5/c1-43-33(42)29(38-32(41)30-27(34)18-24(19-28(30)35)22-9-3-2-4-10-22)14-13-26(39)20-37-31(40)23-11-7-8-21(16-23)17-25-12-5-6-15-36-25/h2-4,7-11,16,18-19,29H,5-6,12-15,17,20H2,1H3,(H,37,40)(H,38,41)/t29-/m0/s1. The Kier molecular flexibility index (Phi) is 11.5. The lowest BCUT2D eigenvalue weighted by Crippen LogP contribution is -2.42. The third-order valence-electron chi connectivity index (χ3n) is 7.13. The highest BCUT2D eigenvalue weighted by atomic mass is 35.5. The molecule has 0 saturated carbocycles. The lowest BCUT2D eigenvalue weighted by molar-refractivity contribution is -0.143. The molecule has 0 fully saturated rings. The van der Waals surface area contributed by atoms with Crippen molar-refractivity contribution in [1.29, 1.82) is 0 Å². The number of nitrogens with one attached hydrogen (secondary N) is 2. The summed E-state index contributed by atoms with van der Waals surface area (Å²) < 4.78 is 4.83. The topological polar surface area (TPSA) is 114 Å². The van der Waals surface area contributed by atoms with E-state index in [2.05, 4.69) is 15.6 Å². The number of halogens is 2. The van der Waals surface area contributed by atoms with Crippen LogP contribution in [0.1, 0.15) is 58.4 Å². The van der Waals surface area contributed by atoms with Crippen molar-refractivity contribution in [3.63, 3.8) is 0 Å². The molecule has 8 nitrogen and oxygen atoms in total. The highest BCUT2D eigenvalue weighted by molar-refractivity contribution is 6.40. The Morgan fingerprint density at radius 3 is 2.33 bits per heavy atom. The van der Waals surface area contributed by atoms with Crippen molar-refractivity contribution >= 4 is 52.5 Å². The molecular formula is C33H33Cl2N3O5. The maximum absolute atomic E-state index is 13.1. The van der Waals surface area contributed by atoms with E-state index >= 15 is 0 Å². The van der Waals surface area contributed by atoms with Gasteiger partial charge in [0.25, 0.3) is 11.8 Å². The minimum atomic E-state index is -1.13. The zero-order valence-electron chi connectivity index (χ0n) is 23.8. The number of benzene rings is 3. The lowest BCUT2D eigenvalue weighted by atomic mass is 10.00. The van der Waals surface area contributed by atoms with E-state index in [1.165, 1.54) is 7.11 Å². The van der Waals surface area contributed by atoms with Crippen molar-refractivity contribution in [2.75, 3.05) is 20.2 Å². The Bertz CT molecular complexity index is 1500. The first-order valence-corrected chi connectivity index (χ1v) is 14.8. The van der Waals surface area contributed by atoms with E-state index in [-0.39, 0.29) is 46.7 Å². The van der Waals surface area contributed by atoms with Gasteiger partial charge < -0.3 is 15.4 Å². The zero-order valence-corrected chi connectivity index (χ0v) is 25.3. The number of esters is 1. The molecule has 0 saturated heterocycles. The predicted molar refractivity (Wildman–Crippen MR) is 168 cm³/mol. The van der Waals surface area contributed by atoms with Gasteiger partial charge in [-0.2, -0.15) is 0 Å². The summed E-state index contributed by atoms with van der Waals surface area (Å²) in [6.07, 6.45) is 3.78. The molecule has 0 unspecified atom stereocenters. The zero-order chi connectivity index (χ0) is 30.8. The summed E-state index contributed by atoms with van der Waals surface area (Å²) in [5, 5.41) is 5.44. The number of carbonyl (C=O) groups excluding carboxylic acids is 4. The number of amides is 2. The Labute approximate surface area is 260 Å². The van der Waals surface area contributed by atoms with Gasteiger partial charge in [-0.1, -0.05) is 65.7 Å². The molecule has 0 aromatic heterocycles. The fraction of sp³-hybridized carbons (Fsp3) is 0.303.